The molecule has 0 heterocycles. The Kier molecular flexibility index (Phi) is 42.9. The highest BCUT2D eigenvalue weighted by atomic mass is 16.5. The first-order valence-corrected chi connectivity index (χ1v) is 12.5. The van der Waals surface area contributed by atoms with Gasteiger partial charge in [0.15, 0.2) is 0 Å². The van der Waals surface area contributed by atoms with Crippen molar-refractivity contribution in [3.8, 4) is 0 Å². The maximum atomic E-state index is 10.6. The van der Waals surface area contributed by atoms with Crippen molar-refractivity contribution in [2.24, 2.45) is 22.7 Å². The fourth-order valence-corrected chi connectivity index (χ4v) is 1.31. The van der Waals surface area contributed by atoms with Crippen LogP contribution in [0.5, 0.6) is 0 Å². The predicted octanol–water partition coefficient (Wildman–Crippen LogP) is 6.98. The first-order chi connectivity index (χ1) is 15.8. The number of carboxylic acid groups (broad SMARTS) is 1. The van der Waals surface area contributed by atoms with Crippen molar-refractivity contribution in [2.75, 3.05) is 13.7 Å². The van der Waals surface area contributed by atoms with E-state index in [9.17, 15) is 14.4 Å². The molecule has 7 heteroatoms. The Labute approximate surface area is 217 Å². The van der Waals surface area contributed by atoms with Gasteiger partial charge in [-0.1, -0.05) is 89.5 Å². The van der Waals surface area contributed by atoms with E-state index in [1.54, 1.807) is 6.92 Å². The van der Waals surface area contributed by atoms with Crippen LogP contribution in [0.4, 0.5) is 0 Å². The van der Waals surface area contributed by atoms with Crippen LogP contribution in [-0.2, 0) is 23.9 Å². The largest absolute Gasteiger partial charge is 0.483 e. The van der Waals surface area contributed by atoms with Gasteiger partial charge in [-0.15, -0.1) is 0 Å². The lowest BCUT2D eigenvalue weighted by Gasteiger charge is -2.14. The van der Waals surface area contributed by atoms with Crippen LogP contribution in [0.1, 0.15) is 122 Å². The first-order valence-electron chi connectivity index (χ1n) is 12.5. The zero-order valence-corrected chi connectivity index (χ0v) is 25.5. The Bertz CT molecular complexity index is 459. The second kappa shape index (κ2) is 32.2. The summed E-state index contributed by atoms with van der Waals surface area (Å²) in [5.41, 5.74) is 0.146. The molecule has 0 amide bonds. The maximum absolute atomic E-state index is 10.6. The van der Waals surface area contributed by atoms with Gasteiger partial charge in [-0.3, -0.25) is 9.59 Å². The van der Waals surface area contributed by atoms with E-state index >= 15 is 0 Å². The minimum Gasteiger partial charge on any atom is -0.483 e. The van der Waals surface area contributed by atoms with Gasteiger partial charge in [-0.25, -0.2) is 0 Å². The van der Waals surface area contributed by atoms with E-state index < -0.39 is 0 Å². The van der Waals surface area contributed by atoms with Crippen molar-refractivity contribution >= 4 is 24.5 Å². The van der Waals surface area contributed by atoms with E-state index in [0.717, 1.165) is 19.1 Å². The molecule has 7 nitrogen and oxygen atoms in total. The number of hydrogen-bond acceptors (Lipinski definition) is 6. The molecule has 0 aliphatic heterocycles. The second-order valence-electron chi connectivity index (χ2n) is 10.9. The average molecular weight is 509 g/mol. The molecule has 0 aromatic carbocycles. The van der Waals surface area contributed by atoms with Gasteiger partial charge in [0, 0.05) is 19.4 Å². The fraction of sp³-hybridized carbons (Fsp3) is 0.857. The molecule has 1 atom stereocenters. The molecular formula is C28H60O7. The molecule has 0 radical (unpaired) electrons. The van der Waals surface area contributed by atoms with Crippen LogP contribution in [0, 0.1) is 22.7 Å². The second-order valence-corrected chi connectivity index (χ2v) is 10.9. The lowest BCUT2D eigenvalue weighted by Crippen LogP contribution is -2.13. The summed E-state index contributed by atoms with van der Waals surface area (Å²) in [5.74, 6) is 1.34. The van der Waals surface area contributed by atoms with E-state index in [4.69, 9.17) is 15.0 Å². The number of esters is 1. The number of aliphatic hydroxyl groups is 1. The zero-order valence-electron chi connectivity index (χ0n) is 25.5. The Morgan fingerprint density at radius 2 is 1.26 bits per heavy atom. The van der Waals surface area contributed by atoms with Crippen LogP contribution in [0.2, 0.25) is 0 Å². The van der Waals surface area contributed by atoms with Crippen LogP contribution in [0.15, 0.2) is 0 Å². The number of unbranched alkanes of at least 4 members (excludes halogenated alkanes) is 1. The summed E-state index contributed by atoms with van der Waals surface area (Å²) in [6, 6.07) is 0. The topological polar surface area (TPSA) is 118 Å². The summed E-state index contributed by atoms with van der Waals surface area (Å²) in [4.78, 5) is 38.9. The summed E-state index contributed by atoms with van der Waals surface area (Å²) < 4.78 is 4.49. The molecular weight excluding hydrogens is 448 g/mol. The van der Waals surface area contributed by atoms with E-state index in [1.165, 1.54) is 13.5 Å². The Balaban J connectivity index is -0.0000000758. The quantitative estimate of drug-likeness (QED) is 0.293. The van der Waals surface area contributed by atoms with E-state index in [-0.39, 0.29) is 29.9 Å². The molecule has 35 heavy (non-hydrogen) atoms. The number of hydrogen-bond donors (Lipinski definition) is 2. The molecule has 0 aliphatic carbocycles. The smallest absolute Gasteiger partial charge is 0.306 e. The number of aldehydes is 1. The van der Waals surface area contributed by atoms with Crippen molar-refractivity contribution < 1.29 is 34.1 Å². The van der Waals surface area contributed by atoms with Gasteiger partial charge in [0.2, 0.25) is 0 Å². The number of aliphatic hydroxyl groups excluding tert-OH is 1. The standard InChI is InChI=1S/C8H16O.C7H14O2.C5H12O.C4H8O.C3H8.CH2O2/c1-6(2)7(3)5-8(4)9;1-7(2,3)5-6(8)9-4;1-5(2,3)4-6;1-2-3-4-5;1-3-2;2-1-3/h6-7H,5H2,1-4H3;5H2,1-4H3;6H,4H2,1-3H3;4H,2-3H2,1H3;3H2,1-2H3;1H,(H,2,3). The Morgan fingerprint density at radius 3 is 1.31 bits per heavy atom. The maximum Gasteiger partial charge on any atom is 0.306 e. The van der Waals surface area contributed by atoms with Gasteiger partial charge in [0.05, 0.1) is 13.5 Å². The van der Waals surface area contributed by atoms with Crippen molar-refractivity contribution in [3.05, 3.63) is 0 Å². The van der Waals surface area contributed by atoms with Gasteiger partial charge in [-0.05, 0) is 36.0 Å². The highest BCUT2D eigenvalue weighted by Gasteiger charge is 2.15. The van der Waals surface area contributed by atoms with Crippen LogP contribution in [0.25, 0.3) is 0 Å². The molecule has 2 N–H and O–H groups in total. The number of rotatable bonds is 6. The number of carbonyl (C=O) groups is 4. The van der Waals surface area contributed by atoms with Crippen LogP contribution < -0.4 is 0 Å². The molecule has 0 spiro atoms. The average Bonchev–Trinajstić information content (AvgIpc) is 2.69. The predicted molar refractivity (Wildman–Crippen MR) is 148 cm³/mol. The number of ether oxygens (including phenoxy) is 1. The van der Waals surface area contributed by atoms with Gasteiger partial charge in [0.1, 0.15) is 12.1 Å². The van der Waals surface area contributed by atoms with Crippen molar-refractivity contribution in [3.63, 3.8) is 0 Å². The monoisotopic (exact) mass is 508 g/mol. The van der Waals surface area contributed by atoms with Gasteiger partial charge >= 0.3 is 5.97 Å². The number of ketones is 1. The van der Waals surface area contributed by atoms with E-state index in [1.807, 2.05) is 48.5 Å². The lowest BCUT2D eigenvalue weighted by atomic mass is 9.93. The molecule has 0 bridgehead atoms. The van der Waals surface area contributed by atoms with Crippen LogP contribution in [0.3, 0.4) is 0 Å². The Morgan fingerprint density at radius 1 is 0.914 bits per heavy atom. The third kappa shape index (κ3) is 88.6. The fourth-order valence-electron chi connectivity index (χ4n) is 1.31. The van der Waals surface area contributed by atoms with Gasteiger partial charge in [-0.2, -0.15) is 0 Å². The summed E-state index contributed by atoms with van der Waals surface area (Å²) in [6.45, 7) is 26.3. The number of carbonyl (C=O) groups excluding carboxylic acids is 3. The molecule has 0 saturated carbocycles. The molecule has 0 aliphatic rings. The first kappa shape index (κ1) is 46.6. The lowest BCUT2D eigenvalue weighted by molar-refractivity contribution is -0.142. The summed E-state index contributed by atoms with van der Waals surface area (Å²) in [7, 11) is 1.41. The van der Waals surface area contributed by atoms with Crippen molar-refractivity contribution in [1.29, 1.82) is 0 Å². The van der Waals surface area contributed by atoms with Gasteiger partial charge < -0.3 is 24.5 Å². The highest BCUT2D eigenvalue weighted by Crippen LogP contribution is 2.18. The summed E-state index contributed by atoms with van der Waals surface area (Å²) in [6.07, 6.45) is 5.09. The normalized spacial score (nSPS) is 10.4. The minimum absolute atomic E-state index is 0.0487. The van der Waals surface area contributed by atoms with Crippen LogP contribution >= 0.6 is 0 Å². The molecule has 1 unspecified atom stereocenters. The molecule has 214 valence electrons. The van der Waals surface area contributed by atoms with Gasteiger partial charge in [0.25, 0.3) is 6.47 Å². The summed E-state index contributed by atoms with van der Waals surface area (Å²) in [5, 5.41) is 15.3. The highest BCUT2D eigenvalue weighted by molar-refractivity contribution is 5.75. The zero-order chi connectivity index (χ0) is 29.7. The van der Waals surface area contributed by atoms with Crippen molar-refractivity contribution in [2.45, 2.75) is 122 Å². The molecule has 0 aromatic rings. The number of methoxy groups -OCH3 is 1. The molecule has 0 rings (SSSR count). The van der Waals surface area contributed by atoms with E-state index in [2.05, 4.69) is 39.4 Å². The SMILES string of the molecule is CC(=O)CC(C)C(C)C.CC(C)(C)CO.CCC.CCCC=O.COC(=O)CC(C)(C)C.O=CO. The Hall–Kier alpha value is -1.76. The molecule has 0 fully saturated rings. The van der Waals surface area contributed by atoms with E-state index in [0.29, 0.717) is 30.5 Å². The third-order valence-electron chi connectivity index (χ3n) is 3.53. The third-order valence-corrected chi connectivity index (χ3v) is 3.53. The minimum atomic E-state index is -0.250. The van der Waals surface area contributed by atoms with Crippen molar-refractivity contribution in [1.82, 2.24) is 0 Å². The summed E-state index contributed by atoms with van der Waals surface area (Å²) >= 11 is 0. The molecule has 0 aromatic heterocycles. The number of Topliss-reactive ketones (excluding diaryl/α,β-unsaturated/α-hetero) is 1. The van der Waals surface area contributed by atoms with Crippen LogP contribution in [-0.4, -0.2) is 48.4 Å². The molecule has 0 saturated heterocycles.